The van der Waals surface area contributed by atoms with Gasteiger partial charge >= 0.3 is 0 Å². The van der Waals surface area contributed by atoms with Gasteiger partial charge in [-0.15, -0.1) is 0 Å². The van der Waals surface area contributed by atoms with E-state index in [9.17, 15) is 5.21 Å². The third kappa shape index (κ3) is 2.36. The molecule has 0 bridgehead atoms. The molecule has 1 unspecified atom stereocenters. The van der Waals surface area contributed by atoms with Crippen molar-refractivity contribution in [3.8, 4) is 0 Å². The topological polar surface area (TPSA) is 23.5 Å². The van der Waals surface area contributed by atoms with Crippen molar-refractivity contribution in [3.05, 3.63) is 0 Å². The second kappa shape index (κ2) is 4.42. The van der Waals surface area contributed by atoms with E-state index in [1.165, 1.54) is 44.9 Å². The maximum atomic E-state index is 10.3. The molecule has 0 spiro atoms. The lowest BCUT2D eigenvalue weighted by atomic mass is 9.77. The highest BCUT2D eigenvalue weighted by molar-refractivity contribution is 4.90. The second-order valence-electron chi connectivity index (χ2n) is 6.01. The van der Waals surface area contributed by atoms with Crippen molar-refractivity contribution in [1.82, 2.24) is 5.06 Å². The van der Waals surface area contributed by atoms with Crippen molar-refractivity contribution in [1.29, 1.82) is 0 Å². The Morgan fingerprint density at radius 3 is 2.33 bits per heavy atom. The lowest BCUT2D eigenvalue weighted by Crippen LogP contribution is -2.54. The SMILES string of the molecule is CC1(C)CCCC(C2CCCCC2)N1O. The molecular formula is C13H25NO. The van der Waals surface area contributed by atoms with Gasteiger partial charge in [0.2, 0.25) is 0 Å². The van der Waals surface area contributed by atoms with E-state index in [1.807, 2.05) is 0 Å². The minimum absolute atomic E-state index is 0.000361. The normalized spacial score (nSPS) is 34.2. The van der Waals surface area contributed by atoms with Gasteiger partial charge in [-0.3, -0.25) is 0 Å². The Hall–Kier alpha value is -0.0800. The first kappa shape index (κ1) is 11.4. The lowest BCUT2D eigenvalue weighted by Gasteiger charge is -2.47. The van der Waals surface area contributed by atoms with Crippen molar-refractivity contribution in [2.75, 3.05) is 0 Å². The van der Waals surface area contributed by atoms with Gasteiger partial charge in [-0.2, -0.15) is 5.06 Å². The molecule has 2 nitrogen and oxygen atoms in total. The highest BCUT2D eigenvalue weighted by atomic mass is 16.5. The molecule has 0 aromatic heterocycles. The zero-order valence-electron chi connectivity index (χ0n) is 10.2. The van der Waals surface area contributed by atoms with Gasteiger partial charge in [0.1, 0.15) is 0 Å². The average molecular weight is 211 g/mol. The third-order valence-electron chi connectivity index (χ3n) is 4.42. The molecule has 0 aromatic rings. The molecule has 1 aliphatic heterocycles. The number of hydrogen-bond donors (Lipinski definition) is 1. The largest absolute Gasteiger partial charge is 0.313 e. The van der Waals surface area contributed by atoms with Gasteiger partial charge in [-0.25, -0.2) is 0 Å². The first-order chi connectivity index (χ1) is 7.11. The number of nitrogens with zero attached hydrogens (tertiary/aromatic N) is 1. The third-order valence-corrected chi connectivity index (χ3v) is 4.42. The van der Waals surface area contributed by atoms with Crippen LogP contribution in [0, 0.1) is 5.92 Å². The van der Waals surface area contributed by atoms with Crippen LogP contribution in [0.2, 0.25) is 0 Å². The summed E-state index contributed by atoms with van der Waals surface area (Å²) in [6, 6.07) is 0.439. The maximum absolute atomic E-state index is 10.3. The molecule has 1 heterocycles. The summed E-state index contributed by atoms with van der Waals surface area (Å²) in [5.74, 6) is 0.753. The summed E-state index contributed by atoms with van der Waals surface area (Å²) in [6.07, 6.45) is 10.4. The van der Waals surface area contributed by atoms with Crippen LogP contribution in [0.15, 0.2) is 0 Å². The summed E-state index contributed by atoms with van der Waals surface area (Å²) < 4.78 is 0. The van der Waals surface area contributed by atoms with Crippen LogP contribution in [-0.2, 0) is 0 Å². The molecule has 1 N–H and O–H groups in total. The van der Waals surface area contributed by atoms with Gasteiger partial charge < -0.3 is 5.21 Å². The average Bonchev–Trinajstić information content (AvgIpc) is 2.23. The van der Waals surface area contributed by atoms with E-state index < -0.39 is 0 Å². The summed E-state index contributed by atoms with van der Waals surface area (Å²) in [5, 5.41) is 12.0. The summed E-state index contributed by atoms with van der Waals surface area (Å²) >= 11 is 0. The Balaban J connectivity index is 2.00. The molecule has 2 rings (SSSR count). The minimum Gasteiger partial charge on any atom is -0.313 e. The van der Waals surface area contributed by atoms with Crippen LogP contribution < -0.4 is 0 Å². The lowest BCUT2D eigenvalue weighted by molar-refractivity contribution is -0.224. The summed E-state index contributed by atoms with van der Waals surface area (Å²) in [5.41, 5.74) is 0.000361. The predicted octanol–water partition coefficient (Wildman–Crippen LogP) is 3.59. The van der Waals surface area contributed by atoms with Gasteiger partial charge in [0.15, 0.2) is 0 Å². The fourth-order valence-corrected chi connectivity index (χ4v) is 3.38. The number of rotatable bonds is 1. The summed E-state index contributed by atoms with van der Waals surface area (Å²) in [6.45, 7) is 4.34. The molecule has 2 fully saturated rings. The molecule has 88 valence electrons. The van der Waals surface area contributed by atoms with E-state index in [0.29, 0.717) is 6.04 Å². The first-order valence-electron chi connectivity index (χ1n) is 6.59. The summed E-state index contributed by atoms with van der Waals surface area (Å²) in [4.78, 5) is 0. The highest BCUT2D eigenvalue weighted by Crippen LogP contribution is 2.38. The zero-order chi connectivity index (χ0) is 10.9. The standard InChI is InChI=1S/C13H25NO/c1-13(2)10-6-9-12(14(13)15)11-7-4-3-5-8-11/h11-12,15H,3-10H2,1-2H3. The Morgan fingerprint density at radius 2 is 1.67 bits per heavy atom. The van der Waals surface area contributed by atoms with Crippen LogP contribution in [0.4, 0.5) is 0 Å². The van der Waals surface area contributed by atoms with Gasteiger partial charge in [0, 0.05) is 11.6 Å². The van der Waals surface area contributed by atoms with Gasteiger partial charge in [0.25, 0.3) is 0 Å². The molecule has 0 radical (unpaired) electrons. The molecule has 2 aliphatic rings. The Morgan fingerprint density at radius 1 is 1.00 bits per heavy atom. The van der Waals surface area contributed by atoms with Crippen LogP contribution in [-0.4, -0.2) is 21.9 Å². The monoisotopic (exact) mass is 211 g/mol. The molecule has 15 heavy (non-hydrogen) atoms. The first-order valence-corrected chi connectivity index (χ1v) is 6.59. The van der Waals surface area contributed by atoms with E-state index in [4.69, 9.17) is 0 Å². The van der Waals surface area contributed by atoms with E-state index in [1.54, 1.807) is 5.06 Å². The van der Waals surface area contributed by atoms with Gasteiger partial charge in [-0.05, 0) is 51.9 Å². The van der Waals surface area contributed by atoms with Gasteiger partial charge in [0.05, 0.1) is 0 Å². The van der Waals surface area contributed by atoms with Crippen molar-refractivity contribution < 1.29 is 5.21 Å². The number of hydroxylamine groups is 2. The summed E-state index contributed by atoms with van der Waals surface area (Å²) in [7, 11) is 0. The molecule has 1 saturated carbocycles. The molecule has 0 aromatic carbocycles. The number of hydrogen-bond acceptors (Lipinski definition) is 2. The van der Waals surface area contributed by atoms with Crippen molar-refractivity contribution >= 4 is 0 Å². The van der Waals surface area contributed by atoms with Crippen molar-refractivity contribution in [2.24, 2.45) is 5.92 Å². The van der Waals surface area contributed by atoms with E-state index in [2.05, 4.69) is 13.8 Å². The van der Waals surface area contributed by atoms with Crippen LogP contribution in [0.1, 0.15) is 65.2 Å². The van der Waals surface area contributed by atoms with Crippen molar-refractivity contribution in [3.63, 3.8) is 0 Å². The van der Waals surface area contributed by atoms with Crippen LogP contribution >= 0.6 is 0 Å². The van der Waals surface area contributed by atoms with Crippen LogP contribution in [0.3, 0.4) is 0 Å². The molecule has 0 amide bonds. The predicted molar refractivity (Wildman–Crippen MR) is 61.9 cm³/mol. The van der Waals surface area contributed by atoms with E-state index in [0.717, 1.165) is 12.3 Å². The Labute approximate surface area is 93.6 Å². The quantitative estimate of drug-likeness (QED) is 0.716. The van der Waals surface area contributed by atoms with E-state index >= 15 is 0 Å². The highest BCUT2D eigenvalue weighted by Gasteiger charge is 2.39. The van der Waals surface area contributed by atoms with Crippen LogP contribution in [0.5, 0.6) is 0 Å². The smallest absolute Gasteiger partial charge is 0.0407 e. The van der Waals surface area contributed by atoms with Gasteiger partial charge in [-0.1, -0.05) is 19.3 Å². The molecule has 2 heteroatoms. The van der Waals surface area contributed by atoms with E-state index in [-0.39, 0.29) is 5.54 Å². The zero-order valence-corrected chi connectivity index (χ0v) is 10.2. The fraction of sp³-hybridized carbons (Fsp3) is 1.00. The Kier molecular flexibility index (Phi) is 3.36. The Bertz CT molecular complexity index is 209. The van der Waals surface area contributed by atoms with Crippen LogP contribution in [0.25, 0.3) is 0 Å². The minimum atomic E-state index is 0.000361. The van der Waals surface area contributed by atoms with Crippen molar-refractivity contribution in [2.45, 2.75) is 76.8 Å². The molecule has 1 saturated heterocycles. The second-order valence-corrected chi connectivity index (χ2v) is 6.01. The molecule has 1 atom stereocenters. The molecular weight excluding hydrogens is 186 g/mol. The fourth-order valence-electron chi connectivity index (χ4n) is 3.38. The molecule has 1 aliphatic carbocycles. The maximum Gasteiger partial charge on any atom is 0.0407 e. The number of piperidine rings is 1.